The van der Waals surface area contributed by atoms with Crippen molar-refractivity contribution in [2.24, 2.45) is 0 Å². The largest absolute Gasteiger partial charge is 0.494 e. The number of ether oxygens (including phenoxy) is 2. The zero-order valence-corrected chi connectivity index (χ0v) is 17.9. The van der Waals surface area contributed by atoms with Crippen molar-refractivity contribution in [3.05, 3.63) is 48.0 Å². The topological polar surface area (TPSA) is 81.9 Å². The number of aromatic nitrogens is 4. The molecule has 3 heterocycles. The predicted octanol–water partition coefficient (Wildman–Crippen LogP) is 3.63. The molecule has 1 atom stereocenters. The van der Waals surface area contributed by atoms with Crippen molar-refractivity contribution >= 4 is 11.7 Å². The molecule has 4 rings (SSSR count). The number of piperidine rings is 1. The van der Waals surface area contributed by atoms with E-state index in [1.807, 2.05) is 6.92 Å². The molecule has 0 radical (unpaired) electrons. The molecule has 0 saturated carbocycles. The van der Waals surface area contributed by atoms with Crippen LogP contribution >= 0.6 is 0 Å². The van der Waals surface area contributed by atoms with Crippen LogP contribution in [0, 0.1) is 0 Å². The second kappa shape index (κ2) is 9.46. The van der Waals surface area contributed by atoms with Crippen molar-refractivity contribution in [2.75, 3.05) is 19.7 Å². The van der Waals surface area contributed by atoms with Crippen molar-refractivity contribution in [1.29, 1.82) is 0 Å². The minimum atomic E-state index is -2.68. The Hall–Kier alpha value is -3.30. The molecule has 1 fully saturated rings. The lowest BCUT2D eigenvalue weighted by molar-refractivity contribution is -0.139. The van der Waals surface area contributed by atoms with E-state index in [-0.39, 0.29) is 23.3 Å². The number of hydrogen-bond donors (Lipinski definition) is 0. The van der Waals surface area contributed by atoms with Crippen molar-refractivity contribution in [3.63, 3.8) is 0 Å². The molecule has 1 amide bonds. The van der Waals surface area contributed by atoms with Gasteiger partial charge in [-0.1, -0.05) is 0 Å². The molecule has 2 aromatic heterocycles. The summed E-state index contributed by atoms with van der Waals surface area (Å²) in [5.41, 5.74) is 0.338. The maximum Gasteiger partial charge on any atom is 0.280 e. The lowest BCUT2D eigenvalue weighted by Gasteiger charge is -2.33. The zero-order valence-electron chi connectivity index (χ0n) is 17.9. The SMILES string of the molecule is CCOc1ccc(OC(C)C(=O)N2CCC(c3cc(C(F)F)n4ncnc4n3)CC2)cc1. The number of carbonyl (C=O) groups is 1. The van der Waals surface area contributed by atoms with Crippen LogP contribution in [0.2, 0.25) is 0 Å². The lowest BCUT2D eigenvalue weighted by atomic mass is 9.92. The summed E-state index contributed by atoms with van der Waals surface area (Å²) in [6.45, 7) is 5.22. The van der Waals surface area contributed by atoms with Gasteiger partial charge in [0, 0.05) is 24.7 Å². The summed E-state index contributed by atoms with van der Waals surface area (Å²) in [5.74, 6) is 1.36. The van der Waals surface area contributed by atoms with E-state index in [2.05, 4.69) is 15.1 Å². The van der Waals surface area contributed by atoms with E-state index in [0.29, 0.717) is 44.0 Å². The molecule has 170 valence electrons. The molecule has 32 heavy (non-hydrogen) atoms. The number of benzene rings is 1. The first-order valence-corrected chi connectivity index (χ1v) is 10.6. The van der Waals surface area contributed by atoms with E-state index in [0.717, 1.165) is 10.3 Å². The van der Waals surface area contributed by atoms with Crippen molar-refractivity contribution in [2.45, 2.75) is 45.1 Å². The van der Waals surface area contributed by atoms with Gasteiger partial charge in [0.1, 0.15) is 23.5 Å². The number of nitrogens with zero attached hydrogens (tertiary/aromatic N) is 5. The van der Waals surface area contributed by atoms with Gasteiger partial charge in [0.05, 0.1) is 6.61 Å². The fourth-order valence-corrected chi connectivity index (χ4v) is 3.91. The molecular formula is C22H25F2N5O3. The third-order valence-corrected chi connectivity index (χ3v) is 5.54. The Labute approximate surface area is 184 Å². The molecule has 1 unspecified atom stereocenters. The lowest BCUT2D eigenvalue weighted by Crippen LogP contribution is -2.44. The number of hydrogen-bond acceptors (Lipinski definition) is 6. The van der Waals surface area contributed by atoms with Crippen LogP contribution in [0.3, 0.4) is 0 Å². The standard InChI is InChI=1S/C22H25F2N5O3/c1-3-31-16-4-6-17(7-5-16)32-14(2)21(30)28-10-8-15(9-11-28)18-12-19(20(23)24)29-22(27-18)25-13-26-29/h4-7,12-15,20H,3,8-11H2,1-2H3. The predicted molar refractivity (Wildman–Crippen MR) is 112 cm³/mol. The molecule has 1 aliphatic rings. The Kier molecular flexibility index (Phi) is 6.48. The van der Waals surface area contributed by atoms with Gasteiger partial charge in [-0.3, -0.25) is 4.79 Å². The van der Waals surface area contributed by atoms with E-state index >= 15 is 0 Å². The fourth-order valence-electron chi connectivity index (χ4n) is 3.91. The van der Waals surface area contributed by atoms with Crippen LogP contribution in [0.15, 0.2) is 36.7 Å². The van der Waals surface area contributed by atoms with Gasteiger partial charge >= 0.3 is 0 Å². The summed E-state index contributed by atoms with van der Waals surface area (Å²) in [7, 11) is 0. The molecular weight excluding hydrogens is 420 g/mol. The molecule has 0 spiro atoms. The number of carbonyl (C=O) groups excluding carboxylic acids is 1. The second-order valence-corrected chi connectivity index (χ2v) is 7.64. The molecule has 0 bridgehead atoms. The van der Waals surface area contributed by atoms with Gasteiger partial charge in [-0.15, -0.1) is 0 Å². The summed E-state index contributed by atoms with van der Waals surface area (Å²) in [5, 5.41) is 3.82. The Morgan fingerprint density at radius 1 is 1.19 bits per heavy atom. The average Bonchev–Trinajstić information content (AvgIpc) is 3.28. The van der Waals surface area contributed by atoms with Crippen LogP contribution in [-0.4, -0.2) is 56.2 Å². The summed E-state index contributed by atoms with van der Waals surface area (Å²) >= 11 is 0. The van der Waals surface area contributed by atoms with Crippen LogP contribution in [-0.2, 0) is 4.79 Å². The summed E-state index contributed by atoms with van der Waals surface area (Å²) < 4.78 is 39.1. The van der Waals surface area contributed by atoms with Crippen LogP contribution in [0.5, 0.6) is 11.5 Å². The van der Waals surface area contributed by atoms with Crippen LogP contribution in [0.25, 0.3) is 5.78 Å². The first kappa shape index (κ1) is 21.9. The molecule has 10 heteroatoms. The Morgan fingerprint density at radius 2 is 1.88 bits per heavy atom. The Balaban J connectivity index is 1.37. The quantitative estimate of drug-likeness (QED) is 0.552. The van der Waals surface area contributed by atoms with E-state index in [1.54, 1.807) is 36.1 Å². The third kappa shape index (κ3) is 4.63. The van der Waals surface area contributed by atoms with Gasteiger partial charge in [-0.25, -0.2) is 13.8 Å². The van der Waals surface area contributed by atoms with Crippen molar-refractivity contribution < 1.29 is 23.0 Å². The van der Waals surface area contributed by atoms with Gasteiger partial charge < -0.3 is 14.4 Å². The monoisotopic (exact) mass is 445 g/mol. The average molecular weight is 445 g/mol. The van der Waals surface area contributed by atoms with Crippen LogP contribution < -0.4 is 9.47 Å². The van der Waals surface area contributed by atoms with Gasteiger partial charge in [-0.05, 0) is 57.0 Å². The van der Waals surface area contributed by atoms with E-state index < -0.39 is 12.5 Å². The van der Waals surface area contributed by atoms with Crippen molar-refractivity contribution in [3.8, 4) is 11.5 Å². The highest BCUT2D eigenvalue weighted by Crippen LogP contribution is 2.30. The van der Waals surface area contributed by atoms with Gasteiger partial charge in [0.25, 0.3) is 18.1 Å². The normalized spacial score (nSPS) is 15.8. The van der Waals surface area contributed by atoms with Gasteiger partial charge in [0.2, 0.25) is 0 Å². The van der Waals surface area contributed by atoms with E-state index in [9.17, 15) is 13.6 Å². The minimum Gasteiger partial charge on any atom is -0.494 e. The molecule has 1 aliphatic heterocycles. The Morgan fingerprint density at radius 3 is 2.53 bits per heavy atom. The molecule has 8 nitrogen and oxygen atoms in total. The summed E-state index contributed by atoms with van der Waals surface area (Å²) in [4.78, 5) is 22.9. The van der Waals surface area contributed by atoms with Crippen molar-refractivity contribution in [1.82, 2.24) is 24.5 Å². The first-order chi connectivity index (χ1) is 15.5. The summed E-state index contributed by atoms with van der Waals surface area (Å²) in [6.07, 6.45) is -0.850. The van der Waals surface area contributed by atoms with Gasteiger partial charge in [-0.2, -0.15) is 14.6 Å². The number of alkyl halides is 2. The minimum absolute atomic E-state index is 0.0272. The molecule has 0 N–H and O–H groups in total. The number of rotatable bonds is 7. The number of halogens is 2. The molecule has 3 aromatic rings. The molecule has 1 saturated heterocycles. The van der Waals surface area contributed by atoms with E-state index in [4.69, 9.17) is 9.47 Å². The fraction of sp³-hybridized carbons (Fsp3) is 0.455. The zero-order chi connectivity index (χ0) is 22.7. The highest BCUT2D eigenvalue weighted by molar-refractivity contribution is 5.81. The van der Waals surface area contributed by atoms with E-state index in [1.165, 1.54) is 12.4 Å². The highest BCUT2D eigenvalue weighted by atomic mass is 19.3. The molecule has 0 aliphatic carbocycles. The van der Waals surface area contributed by atoms with Crippen LogP contribution in [0.1, 0.15) is 50.4 Å². The Bertz CT molecular complexity index is 1070. The summed E-state index contributed by atoms with van der Waals surface area (Å²) in [6, 6.07) is 8.54. The number of likely N-dealkylation sites (tertiary alicyclic amines) is 1. The first-order valence-electron chi connectivity index (χ1n) is 10.6. The van der Waals surface area contributed by atoms with Gasteiger partial charge in [0.15, 0.2) is 6.10 Å². The van der Waals surface area contributed by atoms with Crippen LogP contribution in [0.4, 0.5) is 8.78 Å². The maximum absolute atomic E-state index is 13.4. The maximum atomic E-state index is 13.4. The third-order valence-electron chi connectivity index (χ3n) is 5.54. The molecule has 1 aromatic carbocycles. The number of fused-ring (bicyclic) bond motifs is 1. The second-order valence-electron chi connectivity index (χ2n) is 7.64. The highest BCUT2D eigenvalue weighted by Gasteiger charge is 2.29. The number of amides is 1. The smallest absolute Gasteiger partial charge is 0.280 e.